The number of pyridine rings is 1. The van der Waals surface area contributed by atoms with Crippen LogP contribution in [0.5, 0.6) is 0 Å². The summed E-state index contributed by atoms with van der Waals surface area (Å²) in [5, 5.41) is 3.01. The van der Waals surface area contributed by atoms with Gasteiger partial charge in [-0.3, -0.25) is 0 Å². The van der Waals surface area contributed by atoms with Crippen LogP contribution >= 0.6 is 0 Å². The second-order valence-corrected chi connectivity index (χ2v) is 6.53. The van der Waals surface area contributed by atoms with Crippen LogP contribution in [0.25, 0.3) is 0 Å². The van der Waals surface area contributed by atoms with E-state index in [1.165, 1.54) is 5.56 Å². The number of hydrogen-bond donors (Lipinski definition) is 1. The molecule has 2 heterocycles. The van der Waals surface area contributed by atoms with Crippen molar-refractivity contribution < 1.29 is 9.53 Å². The number of aromatic nitrogens is 1. The van der Waals surface area contributed by atoms with Crippen molar-refractivity contribution in [1.82, 2.24) is 15.2 Å². The minimum Gasteiger partial charge on any atom is -0.378 e. The molecule has 2 aromatic rings. The Bertz CT molecular complexity index is 744. The summed E-state index contributed by atoms with van der Waals surface area (Å²) in [6, 6.07) is 11.9. The number of morpholine rings is 1. The van der Waals surface area contributed by atoms with Crippen molar-refractivity contribution in [2.24, 2.45) is 0 Å². The Morgan fingerprint density at radius 3 is 2.69 bits per heavy atom. The lowest BCUT2D eigenvalue weighted by Gasteiger charge is -2.29. The van der Waals surface area contributed by atoms with Gasteiger partial charge in [0.15, 0.2) is 0 Å². The fraction of sp³-hybridized carbons (Fsp3) is 0.400. The number of nitrogens with one attached hydrogen (secondary N) is 1. The Kier molecular flexibility index (Phi) is 6.07. The maximum Gasteiger partial charge on any atom is 0.317 e. The van der Waals surface area contributed by atoms with Crippen LogP contribution in [0.2, 0.25) is 0 Å². The molecule has 0 spiro atoms. The number of urea groups is 1. The molecule has 1 N–H and O–H groups in total. The lowest BCUT2D eigenvalue weighted by molar-refractivity contribution is 0.122. The molecule has 2 amide bonds. The SMILES string of the molecule is Cc1ccccc1CN(C)C(=O)NCc1cccnc1N1CCOCC1. The maximum absolute atomic E-state index is 12.5. The minimum absolute atomic E-state index is 0.0926. The van der Waals surface area contributed by atoms with Gasteiger partial charge >= 0.3 is 6.03 Å². The predicted octanol–water partition coefficient (Wildman–Crippen LogP) is 2.57. The van der Waals surface area contributed by atoms with Crippen molar-refractivity contribution in [3.05, 3.63) is 59.3 Å². The first-order chi connectivity index (χ1) is 12.6. The number of anilines is 1. The number of carbonyl (C=O) groups excluding carboxylic acids is 1. The van der Waals surface area contributed by atoms with Crippen LogP contribution in [0.15, 0.2) is 42.6 Å². The van der Waals surface area contributed by atoms with E-state index in [2.05, 4.69) is 34.3 Å². The predicted molar refractivity (Wildman–Crippen MR) is 102 cm³/mol. The molecule has 6 nitrogen and oxygen atoms in total. The zero-order chi connectivity index (χ0) is 18.4. The van der Waals surface area contributed by atoms with E-state index in [1.54, 1.807) is 11.1 Å². The van der Waals surface area contributed by atoms with Crippen LogP contribution in [0.3, 0.4) is 0 Å². The number of rotatable bonds is 5. The summed E-state index contributed by atoms with van der Waals surface area (Å²) in [5.74, 6) is 0.928. The topological polar surface area (TPSA) is 57.7 Å². The zero-order valence-electron chi connectivity index (χ0n) is 15.4. The summed E-state index contributed by atoms with van der Waals surface area (Å²) in [7, 11) is 1.81. The highest BCUT2D eigenvalue weighted by molar-refractivity contribution is 5.74. The largest absolute Gasteiger partial charge is 0.378 e. The molecule has 0 aliphatic carbocycles. The van der Waals surface area contributed by atoms with Gasteiger partial charge in [0.1, 0.15) is 5.82 Å². The molecule has 6 heteroatoms. The van der Waals surface area contributed by atoms with Gasteiger partial charge in [0.25, 0.3) is 0 Å². The van der Waals surface area contributed by atoms with Crippen LogP contribution in [-0.4, -0.2) is 49.3 Å². The summed E-state index contributed by atoms with van der Waals surface area (Å²) in [5.41, 5.74) is 3.36. The average Bonchev–Trinajstić information content (AvgIpc) is 2.68. The molecular formula is C20H26N4O2. The fourth-order valence-electron chi connectivity index (χ4n) is 3.05. The summed E-state index contributed by atoms with van der Waals surface area (Å²) in [4.78, 5) is 20.9. The van der Waals surface area contributed by atoms with Gasteiger partial charge in [0.2, 0.25) is 0 Å². The van der Waals surface area contributed by atoms with Gasteiger partial charge in [-0.1, -0.05) is 30.3 Å². The molecule has 0 radical (unpaired) electrons. The first-order valence-corrected chi connectivity index (χ1v) is 8.95. The Morgan fingerprint density at radius 2 is 1.92 bits per heavy atom. The third-order valence-electron chi connectivity index (χ3n) is 4.62. The minimum atomic E-state index is -0.0926. The van der Waals surface area contributed by atoms with Crippen molar-refractivity contribution in [2.75, 3.05) is 38.3 Å². The van der Waals surface area contributed by atoms with Crippen molar-refractivity contribution in [3.8, 4) is 0 Å². The third kappa shape index (κ3) is 4.52. The Labute approximate surface area is 154 Å². The van der Waals surface area contributed by atoms with Crippen molar-refractivity contribution in [2.45, 2.75) is 20.0 Å². The second-order valence-electron chi connectivity index (χ2n) is 6.53. The Balaban J connectivity index is 1.60. The van der Waals surface area contributed by atoms with Crippen LogP contribution in [0.1, 0.15) is 16.7 Å². The monoisotopic (exact) mass is 354 g/mol. The summed E-state index contributed by atoms with van der Waals surface area (Å²) in [6.45, 7) is 6.17. The van der Waals surface area contributed by atoms with Gasteiger partial charge in [-0.05, 0) is 24.1 Å². The molecule has 1 aliphatic rings. The van der Waals surface area contributed by atoms with E-state index in [-0.39, 0.29) is 6.03 Å². The number of amides is 2. The van der Waals surface area contributed by atoms with Gasteiger partial charge in [-0.15, -0.1) is 0 Å². The average molecular weight is 354 g/mol. The standard InChI is InChI=1S/C20H26N4O2/c1-16-6-3-4-7-18(16)15-23(2)20(25)22-14-17-8-5-9-21-19(17)24-10-12-26-13-11-24/h3-9H,10-15H2,1-2H3,(H,22,25). The first-order valence-electron chi connectivity index (χ1n) is 8.95. The van der Waals surface area contributed by atoms with Crippen molar-refractivity contribution in [1.29, 1.82) is 0 Å². The van der Waals surface area contributed by atoms with Crippen LogP contribution in [0.4, 0.5) is 10.6 Å². The molecule has 1 aromatic carbocycles. The first kappa shape index (κ1) is 18.2. The smallest absolute Gasteiger partial charge is 0.317 e. The number of hydrogen-bond acceptors (Lipinski definition) is 4. The number of nitrogens with zero attached hydrogens (tertiary/aromatic N) is 3. The maximum atomic E-state index is 12.5. The van der Waals surface area contributed by atoms with E-state index in [0.29, 0.717) is 26.3 Å². The van der Waals surface area contributed by atoms with E-state index in [9.17, 15) is 4.79 Å². The van der Waals surface area contributed by atoms with Crippen molar-refractivity contribution in [3.63, 3.8) is 0 Å². The molecular weight excluding hydrogens is 328 g/mol. The zero-order valence-corrected chi connectivity index (χ0v) is 15.4. The highest BCUT2D eigenvalue weighted by Crippen LogP contribution is 2.18. The molecule has 3 rings (SSSR count). The van der Waals surface area contributed by atoms with Gasteiger partial charge in [0, 0.05) is 45.0 Å². The molecule has 0 unspecified atom stereocenters. The molecule has 26 heavy (non-hydrogen) atoms. The number of ether oxygens (including phenoxy) is 1. The highest BCUT2D eigenvalue weighted by Gasteiger charge is 2.17. The van der Waals surface area contributed by atoms with Gasteiger partial charge in [-0.25, -0.2) is 9.78 Å². The van der Waals surface area contributed by atoms with Crippen LogP contribution in [-0.2, 0) is 17.8 Å². The molecule has 1 aliphatic heterocycles. The molecule has 1 fully saturated rings. The quantitative estimate of drug-likeness (QED) is 0.897. The van der Waals surface area contributed by atoms with E-state index in [0.717, 1.165) is 30.0 Å². The Morgan fingerprint density at radius 1 is 1.19 bits per heavy atom. The molecule has 138 valence electrons. The van der Waals surface area contributed by atoms with Crippen LogP contribution < -0.4 is 10.2 Å². The normalized spacial score (nSPS) is 14.2. The molecule has 0 atom stereocenters. The van der Waals surface area contributed by atoms with E-state index in [1.807, 2.05) is 31.3 Å². The van der Waals surface area contributed by atoms with Gasteiger partial charge in [0.05, 0.1) is 13.2 Å². The third-order valence-corrected chi connectivity index (χ3v) is 4.62. The molecule has 1 saturated heterocycles. The number of aryl methyl sites for hydroxylation is 1. The van der Waals surface area contributed by atoms with Gasteiger partial charge < -0.3 is 19.9 Å². The lowest BCUT2D eigenvalue weighted by atomic mass is 10.1. The fourth-order valence-corrected chi connectivity index (χ4v) is 3.05. The summed E-state index contributed by atoms with van der Waals surface area (Å²) in [6.07, 6.45) is 1.79. The van der Waals surface area contributed by atoms with E-state index < -0.39 is 0 Å². The summed E-state index contributed by atoms with van der Waals surface area (Å²) < 4.78 is 5.41. The van der Waals surface area contributed by atoms with Crippen LogP contribution in [0, 0.1) is 6.92 Å². The lowest BCUT2D eigenvalue weighted by Crippen LogP contribution is -2.39. The van der Waals surface area contributed by atoms with Crippen molar-refractivity contribution >= 4 is 11.8 Å². The molecule has 0 bridgehead atoms. The van der Waals surface area contributed by atoms with Gasteiger partial charge in [-0.2, -0.15) is 0 Å². The number of benzene rings is 1. The second kappa shape index (κ2) is 8.67. The van der Waals surface area contributed by atoms with E-state index >= 15 is 0 Å². The number of carbonyl (C=O) groups is 1. The highest BCUT2D eigenvalue weighted by atomic mass is 16.5. The summed E-state index contributed by atoms with van der Waals surface area (Å²) >= 11 is 0. The van der Waals surface area contributed by atoms with E-state index in [4.69, 9.17) is 4.74 Å². The molecule has 1 aromatic heterocycles. The molecule has 0 saturated carbocycles. The Hall–Kier alpha value is -2.60.